The van der Waals surface area contributed by atoms with Crippen LogP contribution < -0.4 is 18.5 Å². The number of rotatable bonds is 8. The lowest BCUT2D eigenvalue weighted by Crippen LogP contribution is -2.05. The number of methoxy groups -OCH3 is 2. The molecule has 0 aliphatic rings. The zero-order valence-electron chi connectivity index (χ0n) is 13.2. The lowest BCUT2D eigenvalue weighted by Gasteiger charge is -2.18. The van der Waals surface area contributed by atoms with Crippen molar-refractivity contribution < 1.29 is 27.6 Å². The summed E-state index contributed by atoms with van der Waals surface area (Å²) in [4.78, 5) is 0. The molecule has 0 saturated carbocycles. The van der Waals surface area contributed by atoms with E-state index in [0.29, 0.717) is 23.0 Å². The monoisotopic (exact) mass is 338 g/mol. The van der Waals surface area contributed by atoms with E-state index < -0.39 is 7.82 Å². The van der Waals surface area contributed by atoms with E-state index in [-0.39, 0.29) is 6.61 Å². The summed E-state index contributed by atoms with van der Waals surface area (Å²) < 4.78 is 38.9. The van der Waals surface area contributed by atoms with Gasteiger partial charge in [0.25, 0.3) is 0 Å². The first-order chi connectivity index (χ1) is 11.1. The van der Waals surface area contributed by atoms with Crippen LogP contribution in [0.3, 0.4) is 0 Å². The summed E-state index contributed by atoms with van der Waals surface area (Å²) in [6.45, 7) is 1.89. The Hall–Kier alpha value is -2.17. The molecule has 0 amide bonds. The summed E-state index contributed by atoms with van der Waals surface area (Å²) in [5, 5.41) is 0. The van der Waals surface area contributed by atoms with E-state index in [1.807, 2.05) is 0 Å². The van der Waals surface area contributed by atoms with Crippen molar-refractivity contribution in [1.82, 2.24) is 0 Å². The van der Waals surface area contributed by atoms with Crippen molar-refractivity contribution in [3.8, 4) is 23.0 Å². The molecule has 0 heterocycles. The average Bonchev–Trinajstić information content (AvgIpc) is 2.56. The van der Waals surface area contributed by atoms with Gasteiger partial charge in [0.05, 0.1) is 20.8 Å². The van der Waals surface area contributed by atoms with Gasteiger partial charge in [-0.1, -0.05) is 0 Å². The van der Waals surface area contributed by atoms with Crippen LogP contribution in [-0.2, 0) is 9.09 Å². The summed E-state index contributed by atoms with van der Waals surface area (Å²) in [5.74, 6) is 2.05. The summed E-state index contributed by atoms with van der Waals surface area (Å²) >= 11 is 0. The molecule has 0 saturated heterocycles. The molecule has 0 spiro atoms. The van der Waals surface area contributed by atoms with E-state index in [1.165, 1.54) is 0 Å². The maximum absolute atomic E-state index is 12.7. The van der Waals surface area contributed by atoms with Crippen LogP contribution in [0.15, 0.2) is 48.5 Å². The molecule has 0 atom stereocenters. The SMILES string of the molecule is CCOP(=O)(Oc1ccc(OC)cc1)Oc1ccc(OC)cc1. The molecule has 0 bridgehead atoms. The van der Waals surface area contributed by atoms with Crippen LogP contribution in [0.2, 0.25) is 0 Å². The highest BCUT2D eigenvalue weighted by atomic mass is 31.2. The Balaban J connectivity index is 2.14. The van der Waals surface area contributed by atoms with Gasteiger partial charge in [-0.3, -0.25) is 4.52 Å². The van der Waals surface area contributed by atoms with Gasteiger partial charge >= 0.3 is 7.82 Å². The molecule has 6 nitrogen and oxygen atoms in total. The molecular formula is C16H19O6P. The number of hydrogen-bond donors (Lipinski definition) is 0. The van der Waals surface area contributed by atoms with Crippen LogP contribution in [0.5, 0.6) is 23.0 Å². The first-order valence-electron chi connectivity index (χ1n) is 7.00. The van der Waals surface area contributed by atoms with Crippen molar-refractivity contribution in [2.75, 3.05) is 20.8 Å². The summed E-state index contributed by atoms with van der Waals surface area (Å²) in [6, 6.07) is 13.3. The van der Waals surface area contributed by atoms with Crippen molar-refractivity contribution in [2.45, 2.75) is 6.92 Å². The predicted molar refractivity (Wildman–Crippen MR) is 86.5 cm³/mol. The van der Waals surface area contributed by atoms with E-state index in [9.17, 15) is 4.57 Å². The molecule has 23 heavy (non-hydrogen) atoms. The minimum absolute atomic E-state index is 0.184. The van der Waals surface area contributed by atoms with Gasteiger partial charge < -0.3 is 18.5 Å². The smallest absolute Gasteiger partial charge is 0.497 e. The van der Waals surface area contributed by atoms with Crippen molar-refractivity contribution in [3.05, 3.63) is 48.5 Å². The van der Waals surface area contributed by atoms with Gasteiger partial charge in [0, 0.05) is 0 Å². The third kappa shape index (κ3) is 4.91. The molecule has 0 aromatic heterocycles. The molecule has 0 aliphatic carbocycles. The predicted octanol–water partition coefficient (Wildman–Crippen LogP) is 4.31. The Morgan fingerprint density at radius 2 is 1.09 bits per heavy atom. The van der Waals surface area contributed by atoms with Crippen molar-refractivity contribution in [2.24, 2.45) is 0 Å². The van der Waals surface area contributed by atoms with E-state index in [4.69, 9.17) is 23.0 Å². The van der Waals surface area contributed by atoms with Gasteiger partial charge in [-0.05, 0) is 55.5 Å². The van der Waals surface area contributed by atoms with E-state index in [0.717, 1.165) is 0 Å². The second-order valence-electron chi connectivity index (χ2n) is 4.40. The van der Waals surface area contributed by atoms with Gasteiger partial charge in [-0.25, -0.2) is 4.57 Å². The summed E-state index contributed by atoms with van der Waals surface area (Å²) in [7, 11) is -0.665. The quantitative estimate of drug-likeness (QED) is 0.669. The Bertz CT molecular complexity index is 600. The van der Waals surface area contributed by atoms with Gasteiger partial charge in [0.2, 0.25) is 0 Å². The summed E-state index contributed by atoms with van der Waals surface area (Å²) in [6.07, 6.45) is 0. The van der Waals surface area contributed by atoms with Gasteiger partial charge in [0.1, 0.15) is 23.0 Å². The second kappa shape index (κ2) is 7.90. The molecule has 0 unspecified atom stereocenters. The van der Waals surface area contributed by atoms with Crippen LogP contribution in [0.25, 0.3) is 0 Å². The molecular weight excluding hydrogens is 319 g/mol. The molecule has 2 rings (SSSR count). The maximum Gasteiger partial charge on any atom is 0.587 e. The molecule has 0 N–H and O–H groups in total. The molecule has 124 valence electrons. The van der Waals surface area contributed by atoms with E-state index in [2.05, 4.69) is 0 Å². The van der Waals surface area contributed by atoms with Crippen molar-refractivity contribution >= 4 is 7.82 Å². The van der Waals surface area contributed by atoms with Crippen molar-refractivity contribution in [3.63, 3.8) is 0 Å². The van der Waals surface area contributed by atoms with Crippen LogP contribution in [0.1, 0.15) is 6.92 Å². The fourth-order valence-corrected chi connectivity index (χ4v) is 2.98. The number of hydrogen-bond acceptors (Lipinski definition) is 6. The van der Waals surface area contributed by atoms with E-state index in [1.54, 1.807) is 69.7 Å². The lowest BCUT2D eigenvalue weighted by atomic mass is 10.3. The minimum Gasteiger partial charge on any atom is -0.497 e. The second-order valence-corrected chi connectivity index (χ2v) is 5.92. The Morgan fingerprint density at radius 3 is 1.39 bits per heavy atom. The molecule has 0 fully saturated rings. The number of ether oxygens (including phenoxy) is 2. The molecule has 2 aromatic carbocycles. The Kier molecular flexibility index (Phi) is 5.90. The summed E-state index contributed by atoms with van der Waals surface area (Å²) in [5.41, 5.74) is 0. The lowest BCUT2D eigenvalue weighted by molar-refractivity contribution is 0.219. The highest BCUT2D eigenvalue weighted by Gasteiger charge is 2.30. The minimum atomic E-state index is -3.79. The normalized spacial score (nSPS) is 10.9. The zero-order valence-corrected chi connectivity index (χ0v) is 14.1. The first kappa shape index (κ1) is 17.2. The highest BCUT2D eigenvalue weighted by molar-refractivity contribution is 7.49. The maximum atomic E-state index is 12.7. The molecule has 7 heteroatoms. The van der Waals surface area contributed by atoms with Crippen LogP contribution in [0.4, 0.5) is 0 Å². The van der Waals surface area contributed by atoms with Gasteiger partial charge in [-0.15, -0.1) is 0 Å². The van der Waals surface area contributed by atoms with Gasteiger partial charge in [-0.2, -0.15) is 0 Å². The Morgan fingerprint density at radius 1 is 0.739 bits per heavy atom. The largest absolute Gasteiger partial charge is 0.587 e. The average molecular weight is 338 g/mol. The van der Waals surface area contributed by atoms with Crippen LogP contribution >= 0.6 is 7.82 Å². The van der Waals surface area contributed by atoms with E-state index >= 15 is 0 Å². The molecule has 0 radical (unpaired) electrons. The third-order valence-electron chi connectivity index (χ3n) is 2.84. The van der Waals surface area contributed by atoms with Gasteiger partial charge in [0.15, 0.2) is 0 Å². The van der Waals surface area contributed by atoms with Crippen molar-refractivity contribution in [1.29, 1.82) is 0 Å². The molecule has 0 aliphatic heterocycles. The number of phosphoric acid groups is 1. The highest BCUT2D eigenvalue weighted by Crippen LogP contribution is 2.49. The zero-order chi connectivity index (χ0) is 16.7. The van der Waals surface area contributed by atoms with Crippen LogP contribution in [-0.4, -0.2) is 20.8 Å². The van der Waals surface area contributed by atoms with Crippen LogP contribution in [0, 0.1) is 0 Å². The Labute approximate surface area is 135 Å². The number of phosphoric ester groups is 1. The number of benzene rings is 2. The topological polar surface area (TPSA) is 63.2 Å². The first-order valence-corrected chi connectivity index (χ1v) is 8.46. The fraction of sp³-hybridized carbons (Fsp3) is 0.250. The fourth-order valence-electron chi connectivity index (χ4n) is 1.76. The molecule has 2 aromatic rings. The third-order valence-corrected chi connectivity index (χ3v) is 4.28. The standard InChI is InChI=1S/C16H19O6P/c1-4-20-23(17,21-15-9-5-13(18-2)6-10-15)22-16-11-7-14(19-3)8-12-16/h5-12H,4H2,1-3H3.